The van der Waals surface area contributed by atoms with Crippen molar-refractivity contribution in [1.82, 2.24) is 10.3 Å². The second-order valence-electron chi connectivity index (χ2n) is 4.54. The fraction of sp³-hybridized carbons (Fsp3) is 0.200. The van der Waals surface area contributed by atoms with Gasteiger partial charge in [-0.2, -0.15) is 5.26 Å². The molecule has 0 saturated carbocycles. The molecule has 100 valence electrons. The van der Waals surface area contributed by atoms with Gasteiger partial charge in [0.05, 0.1) is 5.69 Å². The van der Waals surface area contributed by atoms with Crippen molar-refractivity contribution in [2.45, 2.75) is 12.8 Å². The first-order valence-electron chi connectivity index (χ1n) is 6.37. The Bertz CT molecular complexity index is 687. The van der Waals surface area contributed by atoms with Crippen LogP contribution in [0.4, 0.5) is 0 Å². The molecule has 0 unspecified atom stereocenters. The molecule has 20 heavy (non-hydrogen) atoms. The van der Waals surface area contributed by atoms with Crippen molar-refractivity contribution in [2.75, 3.05) is 6.54 Å². The molecule has 1 aromatic carbocycles. The maximum Gasteiger partial charge on any atom is 0.136 e. The van der Waals surface area contributed by atoms with E-state index in [0.29, 0.717) is 10.6 Å². The minimum absolute atomic E-state index is 0.674. The molecule has 2 aromatic rings. The third kappa shape index (κ3) is 2.55. The van der Waals surface area contributed by atoms with E-state index in [1.54, 1.807) is 0 Å². The zero-order chi connectivity index (χ0) is 13.9. The van der Waals surface area contributed by atoms with Crippen LogP contribution in [0.5, 0.6) is 0 Å². The number of nitrogens with one attached hydrogen (secondary N) is 1. The van der Waals surface area contributed by atoms with Gasteiger partial charge in [0.25, 0.3) is 0 Å². The molecule has 1 aliphatic heterocycles. The topological polar surface area (TPSA) is 48.7 Å². The van der Waals surface area contributed by atoms with E-state index < -0.39 is 0 Å². The second kappa shape index (κ2) is 5.66. The lowest BCUT2D eigenvalue weighted by molar-refractivity contribution is 0.904. The smallest absolute Gasteiger partial charge is 0.136 e. The van der Waals surface area contributed by atoms with Gasteiger partial charge in [0.15, 0.2) is 0 Å². The van der Waals surface area contributed by atoms with Crippen LogP contribution < -0.4 is 5.32 Å². The van der Waals surface area contributed by atoms with Crippen LogP contribution in [0, 0.1) is 11.3 Å². The Balaban J connectivity index is 1.96. The van der Waals surface area contributed by atoms with Crippen LogP contribution in [-0.4, -0.2) is 11.5 Å². The molecule has 1 fully saturated rings. The summed E-state index contributed by atoms with van der Waals surface area (Å²) in [4.78, 5) is 4.58. The van der Waals surface area contributed by atoms with E-state index in [-0.39, 0.29) is 0 Å². The standard InChI is InChI=1S/C15H12ClN3S/c16-11-5-3-10(4-6-11)14-9-20-15(19-14)12(8-17)13-2-1-7-18-13/h3-6,9,18H,1-2,7H2/b13-12+. The summed E-state index contributed by atoms with van der Waals surface area (Å²) in [6.07, 6.45) is 2.01. The lowest BCUT2D eigenvalue weighted by Crippen LogP contribution is -2.05. The van der Waals surface area contributed by atoms with Crippen LogP contribution in [-0.2, 0) is 0 Å². The van der Waals surface area contributed by atoms with Crippen molar-refractivity contribution in [3.8, 4) is 17.3 Å². The van der Waals surface area contributed by atoms with E-state index in [2.05, 4.69) is 16.4 Å². The monoisotopic (exact) mass is 301 g/mol. The highest BCUT2D eigenvalue weighted by molar-refractivity contribution is 7.11. The quantitative estimate of drug-likeness (QED) is 0.850. The van der Waals surface area contributed by atoms with Crippen molar-refractivity contribution >= 4 is 28.5 Å². The molecular weight excluding hydrogens is 290 g/mol. The summed E-state index contributed by atoms with van der Waals surface area (Å²) >= 11 is 7.39. The molecule has 0 atom stereocenters. The van der Waals surface area contributed by atoms with Gasteiger partial charge in [0.2, 0.25) is 0 Å². The molecule has 0 bridgehead atoms. The van der Waals surface area contributed by atoms with Gasteiger partial charge in [-0.1, -0.05) is 23.7 Å². The summed E-state index contributed by atoms with van der Waals surface area (Å²) in [5.74, 6) is 0. The van der Waals surface area contributed by atoms with Crippen LogP contribution in [0.2, 0.25) is 5.02 Å². The van der Waals surface area contributed by atoms with Gasteiger partial charge in [-0.3, -0.25) is 0 Å². The number of hydrogen-bond donors (Lipinski definition) is 1. The van der Waals surface area contributed by atoms with Crippen LogP contribution in [0.1, 0.15) is 17.8 Å². The highest BCUT2D eigenvalue weighted by Crippen LogP contribution is 2.29. The number of thiazole rings is 1. The Morgan fingerprint density at radius 3 is 2.80 bits per heavy atom. The van der Waals surface area contributed by atoms with Crippen LogP contribution >= 0.6 is 22.9 Å². The zero-order valence-electron chi connectivity index (χ0n) is 10.7. The molecule has 3 nitrogen and oxygen atoms in total. The second-order valence-corrected chi connectivity index (χ2v) is 5.84. The molecule has 1 aliphatic rings. The predicted molar refractivity (Wildman–Crippen MR) is 82.3 cm³/mol. The van der Waals surface area contributed by atoms with Crippen LogP contribution in [0.3, 0.4) is 0 Å². The Morgan fingerprint density at radius 1 is 1.35 bits per heavy atom. The van der Waals surface area contributed by atoms with Gasteiger partial charge in [0, 0.05) is 28.2 Å². The third-order valence-corrected chi connectivity index (χ3v) is 4.33. The molecule has 2 heterocycles. The molecule has 0 aliphatic carbocycles. The molecule has 1 aromatic heterocycles. The average molecular weight is 302 g/mol. The fourth-order valence-electron chi connectivity index (χ4n) is 2.19. The average Bonchev–Trinajstić information content (AvgIpc) is 3.12. The number of nitrogens with zero attached hydrogens (tertiary/aromatic N) is 2. The van der Waals surface area contributed by atoms with Gasteiger partial charge < -0.3 is 5.32 Å². The van der Waals surface area contributed by atoms with Gasteiger partial charge in [-0.05, 0) is 25.0 Å². The van der Waals surface area contributed by atoms with Crippen molar-refractivity contribution < 1.29 is 0 Å². The number of aromatic nitrogens is 1. The molecule has 0 radical (unpaired) electrons. The summed E-state index contributed by atoms with van der Waals surface area (Å²) in [5, 5.41) is 16.1. The maximum atomic E-state index is 9.36. The molecule has 5 heteroatoms. The van der Waals surface area contributed by atoms with E-state index in [0.717, 1.165) is 41.3 Å². The molecule has 1 N–H and O–H groups in total. The number of benzene rings is 1. The number of allylic oxidation sites excluding steroid dienone is 2. The zero-order valence-corrected chi connectivity index (χ0v) is 12.3. The first-order chi connectivity index (χ1) is 9.78. The van der Waals surface area contributed by atoms with E-state index in [4.69, 9.17) is 11.6 Å². The molecule has 0 spiro atoms. The number of hydrogen-bond acceptors (Lipinski definition) is 4. The van der Waals surface area contributed by atoms with Crippen molar-refractivity contribution in [3.63, 3.8) is 0 Å². The van der Waals surface area contributed by atoms with Crippen molar-refractivity contribution in [2.24, 2.45) is 0 Å². The lowest BCUT2D eigenvalue weighted by Gasteiger charge is -2.01. The van der Waals surface area contributed by atoms with Crippen molar-refractivity contribution in [1.29, 1.82) is 5.26 Å². The largest absolute Gasteiger partial charge is 0.387 e. The van der Waals surface area contributed by atoms with Crippen LogP contribution in [0.25, 0.3) is 16.8 Å². The summed E-state index contributed by atoms with van der Waals surface area (Å²) in [6, 6.07) is 9.85. The minimum Gasteiger partial charge on any atom is -0.387 e. The number of nitriles is 1. The van der Waals surface area contributed by atoms with E-state index >= 15 is 0 Å². The highest BCUT2D eigenvalue weighted by Gasteiger charge is 2.16. The van der Waals surface area contributed by atoms with E-state index in [9.17, 15) is 5.26 Å². The van der Waals surface area contributed by atoms with E-state index in [1.807, 2.05) is 29.6 Å². The van der Waals surface area contributed by atoms with E-state index in [1.165, 1.54) is 11.3 Å². The maximum absolute atomic E-state index is 9.36. The summed E-state index contributed by atoms with van der Waals surface area (Å²) in [7, 11) is 0. The summed E-state index contributed by atoms with van der Waals surface area (Å²) in [5.41, 5.74) is 3.59. The summed E-state index contributed by atoms with van der Waals surface area (Å²) in [6.45, 7) is 0.940. The predicted octanol–water partition coefficient (Wildman–Crippen LogP) is 4.08. The van der Waals surface area contributed by atoms with Gasteiger partial charge in [-0.15, -0.1) is 11.3 Å². The lowest BCUT2D eigenvalue weighted by atomic mass is 10.1. The van der Waals surface area contributed by atoms with Gasteiger partial charge in [-0.25, -0.2) is 4.98 Å². The van der Waals surface area contributed by atoms with Gasteiger partial charge >= 0.3 is 0 Å². The SMILES string of the molecule is N#C/C(=C1/CCCN1)c1nc(-c2ccc(Cl)cc2)cs1. The van der Waals surface area contributed by atoms with Gasteiger partial charge in [0.1, 0.15) is 16.6 Å². The summed E-state index contributed by atoms with van der Waals surface area (Å²) < 4.78 is 0. The fourth-order valence-corrected chi connectivity index (χ4v) is 3.17. The first-order valence-corrected chi connectivity index (χ1v) is 7.62. The van der Waals surface area contributed by atoms with Crippen LogP contribution in [0.15, 0.2) is 35.3 Å². The molecule has 0 amide bonds. The Hall–Kier alpha value is -1.83. The number of rotatable bonds is 2. The normalized spacial score (nSPS) is 16.6. The molecular formula is C15H12ClN3S. The van der Waals surface area contributed by atoms with Crippen molar-refractivity contribution in [3.05, 3.63) is 45.4 Å². The Labute approximate surface area is 126 Å². The molecule has 3 rings (SSSR count). The Kier molecular flexibility index (Phi) is 3.72. The first kappa shape index (κ1) is 13.2. The number of halogens is 1. The minimum atomic E-state index is 0.674. The highest BCUT2D eigenvalue weighted by atomic mass is 35.5. The molecule has 1 saturated heterocycles. The third-order valence-electron chi connectivity index (χ3n) is 3.21. The Morgan fingerprint density at radius 2 is 2.15 bits per heavy atom.